The van der Waals surface area contributed by atoms with Crippen LogP contribution in [0.25, 0.3) is 0 Å². The lowest BCUT2D eigenvalue weighted by Gasteiger charge is -2.08. The van der Waals surface area contributed by atoms with Crippen molar-refractivity contribution < 1.29 is 27.4 Å². The highest BCUT2D eigenvalue weighted by Crippen LogP contribution is 2.21. The van der Waals surface area contributed by atoms with Crippen molar-refractivity contribution in [3.8, 4) is 5.88 Å². The predicted octanol–water partition coefficient (Wildman–Crippen LogP) is 2.16. The number of halogens is 3. The maximum absolute atomic E-state index is 11.8. The Morgan fingerprint density at radius 1 is 1.50 bits per heavy atom. The molecule has 1 heterocycles. The molecule has 0 aliphatic carbocycles. The van der Waals surface area contributed by atoms with Crippen LogP contribution in [0.2, 0.25) is 0 Å². The summed E-state index contributed by atoms with van der Waals surface area (Å²) in [6.07, 6.45) is -3.80. The van der Waals surface area contributed by atoms with Gasteiger partial charge < -0.3 is 9.47 Å². The molecule has 0 N–H and O–H groups in total. The van der Waals surface area contributed by atoms with Gasteiger partial charge in [0.15, 0.2) is 0 Å². The zero-order valence-electron chi connectivity index (χ0n) is 8.25. The van der Waals surface area contributed by atoms with Crippen molar-refractivity contribution in [1.82, 2.24) is 4.98 Å². The molecular weight excluding hydrogens is 227 g/mol. The van der Waals surface area contributed by atoms with Crippen molar-refractivity contribution in [1.29, 1.82) is 0 Å². The molecule has 0 aromatic carbocycles. The first kappa shape index (κ1) is 12.3. The number of hydrogen-bond acceptors (Lipinski definition) is 4. The molecule has 0 saturated carbocycles. The first-order valence-electron chi connectivity index (χ1n) is 4.31. The van der Waals surface area contributed by atoms with E-state index in [2.05, 4.69) is 14.5 Å². The molecule has 88 valence electrons. The van der Waals surface area contributed by atoms with E-state index in [0.717, 1.165) is 12.3 Å². The van der Waals surface area contributed by atoms with Crippen molar-refractivity contribution >= 4 is 5.97 Å². The van der Waals surface area contributed by atoms with Crippen molar-refractivity contribution in [3.05, 3.63) is 23.9 Å². The van der Waals surface area contributed by atoms with Gasteiger partial charge in [-0.2, -0.15) is 0 Å². The van der Waals surface area contributed by atoms with E-state index in [1.807, 2.05) is 0 Å². The quantitative estimate of drug-likeness (QED) is 0.753. The molecule has 0 radical (unpaired) electrons. The lowest BCUT2D eigenvalue weighted by molar-refractivity contribution is -0.276. The minimum atomic E-state index is -4.83. The molecule has 16 heavy (non-hydrogen) atoms. The molecule has 4 nitrogen and oxygen atoms in total. The Morgan fingerprint density at radius 3 is 2.75 bits per heavy atom. The van der Waals surface area contributed by atoms with Crippen LogP contribution in [0.5, 0.6) is 5.88 Å². The molecule has 0 saturated heterocycles. The summed E-state index contributed by atoms with van der Waals surface area (Å²) in [5.74, 6) is -1.42. The number of aromatic nitrogens is 1. The first-order chi connectivity index (χ1) is 7.42. The number of carbonyl (C=O) groups excluding carboxylic acids is 1. The van der Waals surface area contributed by atoms with E-state index in [9.17, 15) is 18.0 Å². The van der Waals surface area contributed by atoms with Gasteiger partial charge in [-0.15, -0.1) is 13.2 Å². The number of nitrogens with zero attached hydrogens (tertiary/aromatic N) is 1. The number of carbonyl (C=O) groups is 1. The van der Waals surface area contributed by atoms with Gasteiger partial charge in [-0.1, -0.05) is 0 Å². The second-order valence-corrected chi connectivity index (χ2v) is 2.65. The number of hydrogen-bond donors (Lipinski definition) is 0. The molecule has 0 bridgehead atoms. The molecule has 0 aliphatic rings. The summed E-state index contributed by atoms with van der Waals surface area (Å²) < 4.78 is 43.7. The minimum absolute atomic E-state index is 0.0453. The molecule has 1 aromatic heterocycles. The minimum Gasteiger partial charge on any atom is -0.462 e. The van der Waals surface area contributed by atoms with E-state index < -0.39 is 18.2 Å². The van der Waals surface area contributed by atoms with Crippen LogP contribution < -0.4 is 4.74 Å². The molecule has 0 spiro atoms. The maximum atomic E-state index is 11.8. The molecule has 0 unspecified atom stereocenters. The Hall–Kier alpha value is -1.79. The Labute approximate surface area is 89.0 Å². The lowest BCUT2D eigenvalue weighted by Crippen LogP contribution is -2.18. The zero-order chi connectivity index (χ0) is 12.2. The van der Waals surface area contributed by atoms with Crippen LogP contribution in [-0.2, 0) is 4.74 Å². The van der Waals surface area contributed by atoms with Gasteiger partial charge >= 0.3 is 12.3 Å². The van der Waals surface area contributed by atoms with E-state index in [-0.39, 0.29) is 12.2 Å². The summed E-state index contributed by atoms with van der Waals surface area (Å²) in [5.41, 5.74) is -0.0453. The van der Waals surface area contributed by atoms with Crippen LogP contribution in [0.3, 0.4) is 0 Å². The van der Waals surface area contributed by atoms with Gasteiger partial charge in [0, 0.05) is 12.3 Å². The molecule has 7 heteroatoms. The average Bonchev–Trinajstić information content (AvgIpc) is 2.16. The molecule has 1 rings (SSSR count). The van der Waals surface area contributed by atoms with Gasteiger partial charge in [0.25, 0.3) is 0 Å². The largest absolute Gasteiger partial charge is 0.574 e. The highest BCUT2D eigenvalue weighted by atomic mass is 19.4. The number of alkyl halides is 3. The summed E-state index contributed by atoms with van der Waals surface area (Å²) >= 11 is 0. The van der Waals surface area contributed by atoms with Crippen molar-refractivity contribution in [3.63, 3.8) is 0 Å². The van der Waals surface area contributed by atoms with E-state index in [1.165, 1.54) is 6.07 Å². The summed E-state index contributed by atoms with van der Waals surface area (Å²) in [4.78, 5) is 14.5. The number of rotatable bonds is 3. The van der Waals surface area contributed by atoms with Crippen molar-refractivity contribution in [2.45, 2.75) is 13.3 Å². The smallest absolute Gasteiger partial charge is 0.462 e. The highest BCUT2D eigenvalue weighted by Gasteiger charge is 2.32. The van der Waals surface area contributed by atoms with E-state index >= 15 is 0 Å². The predicted molar refractivity (Wildman–Crippen MR) is 46.9 cm³/mol. The third-order valence-corrected chi connectivity index (χ3v) is 1.47. The SMILES string of the molecule is CCOC(=O)c1ccnc(OC(F)(F)F)c1. The van der Waals surface area contributed by atoms with E-state index in [1.54, 1.807) is 6.92 Å². The van der Waals surface area contributed by atoms with Crippen LogP contribution in [0.1, 0.15) is 17.3 Å². The van der Waals surface area contributed by atoms with Gasteiger partial charge in [0.1, 0.15) is 0 Å². The van der Waals surface area contributed by atoms with Gasteiger partial charge in [-0.05, 0) is 13.0 Å². The van der Waals surface area contributed by atoms with Crippen molar-refractivity contribution in [2.24, 2.45) is 0 Å². The third kappa shape index (κ3) is 3.76. The van der Waals surface area contributed by atoms with Crippen LogP contribution in [0.15, 0.2) is 18.3 Å². The second-order valence-electron chi connectivity index (χ2n) is 2.65. The Morgan fingerprint density at radius 2 is 2.19 bits per heavy atom. The number of pyridine rings is 1. The first-order valence-corrected chi connectivity index (χ1v) is 4.31. The van der Waals surface area contributed by atoms with Gasteiger partial charge in [0.2, 0.25) is 5.88 Å². The van der Waals surface area contributed by atoms with Crippen LogP contribution in [0.4, 0.5) is 13.2 Å². The van der Waals surface area contributed by atoms with E-state index in [0.29, 0.717) is 0 Å². The molecular formula is C9H8F3NO3. The fraction of sp³-hybridized carbons (Fsp3) is 0.333. The molecule has 0 aliphatic heterocycles. The molecule has 0 amide bonds. The monoisotopic (exact) mass is 235 g/mol. The highest BCUT2D eigenvalue weighted by molar-refractivity contribution is 5.89. The Balaban J connectivity index is 2.83. The average molecular weight is 235 g/mol. The summed E-state index contributed by atoms with van der Waals surface area (Å²) in [5, 5.41) is 0. The molecule has 0 fully saturated rings. The fourth-order valence-electron chi connectivity index (χ4n) is 0.925. The van der Waals surface area contributed by atoms with Crippen LogP contribution in [0, 0.1) is 0 Å². The molecule has 0 atom stereocenters. The Kier molecular flexibility index (Phi) is 3.70. The maximum Gasteiger partial charge on any atom is 0.574 e. The standard InChI is InChI=1S/C9H8F3NO3/c1-2-15-8(14)6-3-4-13-7(5-6)16-9(10,11)12/h3-5H,2H2,1H3. The molecule has 1 aromatic rings. The second kappa shape index (κ2) is 4.82. The third-order valence-electron chi connectivity index (χ3n) is 1.47. The van der Waals surface area contributed by atoms with Crippen LogP contribution >= 0.6 is 0 Å². The normalized spacial score (nSPS) is 11.0. The van der Waals surface area contributed by atoms with E-state index in [4.69, 9.17) is 0 Å². The number of esters is 1. The zero-order valence-corrected chi connectivity index (χ0v) is 8.25. The van der Waals surface area contributed by atoms with Crippen LogP contribution in [-0.4, -0.2) is 23.9 Å². The van der Waals surface area contributed by atoms with Gasteiger partial charge in [0.05, 0.1) is 12.2 Å². The summed E-state index contributed by atoms with van der Waals surface area (Å²) in [6.45, 7) is 1.73. The summed E-state index contributed by atoms with van der Waals surface area (Å²) in [7, 11) is 0. The topological polar surface area (TPSA) is 48.4 Å². The number of ether oxygens (including phenoxy) is 2. The van der Waals surface area contributed by atoms with Crippen molar-refractivity contribution in [2.75, 3.05) is 6.61 Å². The van der Waals surface area contributed by atoms with Gasteiger partial charge in [-0.3, -0.25) is 0 Å². The Bertz CT molecular complexity index is 379. The fourth-order valence-corrected chi connectivity index (χ4v) is 0.925. The lowest BCUT2D eigenvalue weighted by atomic mass is 10.3. The van der Waals surface area contributed by atoms with Gasteiger partial charge in [-0.25, -0.2) is 9.78 Å². The summed E-state index contributed by atoms with van der Waals surface area (Å²) in [6, 6.07) is 2.10.